The van der Waals surface area contributed by atoms with Crippen LogP contribution in [-0.2, 0) is 10.3 Å². The molecular formula is C15H16F4N2O2S. The van der Waals surface area contributed by atoms with Crippen molar-refractivity contribution in [1.82, 2.24) is 0 Å². The van der Waals surface area contributed by atoms with Crippen LogP contribution in [0.2, 0.25) is 0 Å². The normalized spacial score (nSPS) is 14.5. The number of nitrogens with one attached hydrogen (secondary N) is 1. The van der Waals surface area contributed by atoms with Gasteiger partial charge in [-0.2, -0.15) is 13.2 Å². The second-order valence-corrected chi connectivity index (χ2v) is 6.30. The lowest BCUT2D eigenvalue weighted by Gasteiger charge is -2.31. The van der Waals surface area contributed by atoms with E-state index in [1.54, 1.807) is 5.32 Å². The van der Waals surface area contributed by atoms with Crippen LogP contribution in [-0.4, -0.2) is 28.0 Å². The Balaban J connectivity index is 3.33. The van der Waals surface area contributed by atoms with Gasteiger partial charge in [-0.25, -0.2) is 9.38 Å². The van der Waals surface area contributed by atoms with Gasteiger partial charge >= 0.3 is 12.1 Å². The van der Waals surface area contributed by atoms with Crippen LogP contribution in [0.15, 0.2) is 23.2 Å². The molecule has 1 unspecified atom stereocenters. The summed E-state index contributed by atoms with van der Waals surface area (Å²) in [6.45, 7) is 4.40. The van der Waals surface area contributed by atoms with Crippen molar-refractivity contribution in [3.63, 3.8) is 0 Å². The number of rotatable bonds is 5. The highest BCUT2D eigenvalue weighted by molar-refractivity contribution is 7.78. The number of hydrogen-bond donors (Lipinski definition) is 2. The molecule has 1 atom stereocenters. The number of anilines is 1. The largest absolute Gasteiger partial charge is 0.471 e. The van der Waals surface area contributed by atoms with Gasteiger partial charge in [0.25, 0.3) is 0 Å². The first-order valence-electron chi connectivity index (χ1n) is 6.78. The highest BCUT2D eigenvalue weighted by Gasteiger charge is 2.39. The van der Waals surface area contributed by atoms with E-state index in [0.29, 0.717) is 0 Å². The molecule has 24 heavy (non-hydrogen) atoms. The third-order valence-electron chi connectivity index (χ3n) is 3.13. The van der Waals surface area contributed by atoms with Crippen LogP contribution >= 0.6 is 12.2 Å². The Morgan fingerprint density at radius 1 is 1.33 bits per heavy atom. The van der Waals surface area contributed by atoms with Gasteiger partial charge in [0.05, 0.1) is 16.3 Å². The van der Waals surface area contributed by atoms with Crippen LogP contribution in [0.1, 0.15) is 32.8 Å². The minimum atomic E-state index is -5.07. The fraction of sp³-hybridized carbons (Fsp3) is 0.467. The van der Waals surface area contributed by atoms with E-state index in [4.69, 9.17) is 0 Å². The molecule has 1 rings (SSSR count). The Labute approximate surface area is 141 Å². The van der Waals surface area contributed by atoms with Crippen LogP contribution in [0.5, 0.6) is 0 Å². The van der Waals surface area contributed by atoms with E-state index in [1.165, 1.54) is 20.8 Å². The van der Waals surface area contributed by atoms with E-state index in [1.807, 2.05) is 0 Å². The molecule has 0 aliphatic heterocycles. The number of halogens is 4. The van der Waals surface area contributed by atoms with Gasteiger partial charge in [0.15, 0.2) is 0 Å². The monoisotopic (exact) mass is 364 g/mol. The molecule has 0 aliphatic rings. The van der Waals surface area contributed by atoms with E-state index >= 15 is 0 Å². The van der Waals surface area contributed by atoms with Gasteiger partial charge in [0, 0.05) is 17.7 Å². The van der Waals surface area contributed by atoms with E-state index in [9.17, 15) is 27.5 Å². The molecule has 0 saturated carbocycles. The predicted molar refractivity (Wildman–Crippen MR) is 84.4 cm³/mol. The predicted octanol–water partition coefficient (Wildman–Crippen LogP) is 3.81. The summed E-state index contributed by atoms with van der Waals surface area (Å²) in [5, 5.41) is 13.7. The first-order chi connectivity index (χ1) is 10.8. The van der Waals surface area contributed by atoms with Gasteiger partial charge in [-0.1, -0.05) is 0 Å². The zero-order chi connectivity index (χ0) is 18.8. The van der Waals surface area contributed by atoms with Gasteiger partial charge in [-0.15, -0.1) is 0 Å². The SMILES string of the molecule is CC(C)(O)CC(C)(N=C=S)c1cc(NC(=O)C(F)(F)F)ccc1F. The molecule has 1 aromatic carbocycles. The van der Waals surface area contributed by atoms with Crippen LogP contribution in [0.25, 0.3) is 0 Å². The topological polar surface area (TPSA) is 61.7 Å². The lowest BCUT2D eigenvalue weighted by atomic mass is 9.82. The first-order valence-corrected chi connectivity index (χ1v) is 7.19. The Hall–Kier alpha value is -1.83. The van der Waals surface area contributed by atoms with Crippen molar-refractivity contribution in [2.24, 2.45) is 4.99 Å². The van der Waals surface area contributed by atoms with Gasteiger partial charge < -0.3 is 10.4 Å². The maximum Gasteiger partial charge on any atom is 0.471 e. The molecular weight excluding hydrogens is 348 g/mol. The van der Waals surface area contributed by atoms with E-state index in [-0.39, 0.29) is 17.7 Å². The third-order valence-corrected chi connectivity index (χ3v) is 3.22. The average molecular weight is 364 g/mol. The van der Waals surface area contributed by atoms with Crippen molar-refractivity contribution in [3.05, 3.63) is 29.6 Å². The number of nitrogens with zero attached hydrogens (tertiary/aromatic N) is 1. The van der Waals surface area contributed by atoms with Crippen molar-refractivity contribution in [3.8, 4) is 0 Å². The molecule has 0 heterocycles. The summed E-state index contributed by atoms with van der Waals surface area (Å²) in [4.78, 5) is 14.9. The maximum atomic E-state index is 14.2. The Kier molecular flexibility index (Phi) is 5.86. The van der Waals surface area contributed by atoms with Crippen LogP contribution in [0.4, 0.5) is 23.2 Å². The zero-order valence-corrected chi connectivity index (χ0v) is 14.0. The van der Waals surface area contributed by atoms with E-state index < -0.39 is 29.0 Å². The molecule has 0 radical (unpaired) electrons. The standard InChI is InChI=1S/C15H16F4N2O2S/c1-13(2,23)7-14(3,20-8-24)10-6-9(4-5-11(10)16)21-12(22)15(17,18)19/h4-6,23H,7H2,1-3H3,(H,21,22). The third kappa shape index (κ3) is 5.36. The number of isothiocyanates is 1. The summed E-state index contributed by atoms with van der Waals surface area (Å²) in [7, 11) is 0. The molecule has 2 N–H and O–H groups in total. The molecule has 0 spiro atoms. The molecule has 1 aromatic rings. The minimum Gasteiger partial charge on any atom is -0.390 e. The number of amides is 1. The van der Waals surface area contributed by atoms with Crippen molar-refractivity contribution < 1.29 is 27.5 Å². The lowest BCUT2D eigenvalue weighted by molar-refractivity contribution is -0.167. The van der Waals surface area contributed by atoms with Gasteiger partial charge in [-0.05, 0) is 51.2 Å². The van der Waals surface area contributed by atoms with Gasteiger partial charge in [0.2, 0.25) is 0 Å². The summed E-state index contributed by atoms with van der Waals surface area (Å²) in [5.41, 5.74) is -3.01. The molecule has 0 bridgehead atoms. The summed E-state index contributed by atoms with van der Waals surface area (Å²) in [5.74, 6) is -2.94. The number of alkyl halides is 3. The Morgan fingerprint density at radius 3 is 2.38 bits per heavy atom. The van der Waals surface area contributed by atoms with E-state index in [0.717, 1.165) is 18.2 Å². The lowest BCUT2D eigenvalue weighted by Crippen LogP contribution is -2.33. The molecule has 0 aromatic heterocycles. The zero-order valence-electron chi connectivity index (χ0n) is 13.2. The fourth-order valence-corrected chi connectivity index (χ4v) is 2.56. The van der Waals surface area contributed by atoms with Crippen molar-refractivity contribution in [1.29, 1.82) is 0 Å². The second-order valence-electron chi connectivity index (χ2n) is 6.11. The van der Waals surface area contributed by atoms with Crippen LogP contribution in [0.3, 0.4) is 0 Å². The second kappa shape index (κ2) is 6.96. The highest BCUT2D eigenvalue weighted by Crippen LogP contribution is 2.36. The molecule has 1 amide bonds. The number of thiocarbonyl (C=S) groups is 1. The van der Waals surface area contributed by atoms with Crippen molar-refractivity contribution in [2.45, 2.75) is 44.5 Å². The maximum absolute atomic E-state index is 14.2. The summed E-state index contributed by atoms with van der Waals surface area (Å²) in [6.07, 6.45) is -5.14. The minimum absolute atomic E-state index is 0.0722. The number of carbonyl (C=O) groups excluding carboxylic acids is 1. The first kappa shape index (κ1) is 20.2. The molecule has 0 aliphatic carbocycles. The number of aliphatic hydroxyl groups is 1. The van der Waals surface area contributed by atoms with Gasteiger partial charge in [-0.3, -0.25) is 4.79 Å². The number of benzene rings is 1. The highest BCUT2D eigenvalue weighted by atomic mass is 32.1. The van der Waals surface area contributed by atoms with Crippen molar-refractivity contribution in [2.75, 3.05) is 5.32 Å². The van der Waals surface area contributed by atoms with Crippen LogP contribution < -0.4 is 5.32 Å². The number of carbonyl (C=O) groups is 1. The van der Waals surface area contributed by atoms with Gasteiger partial charge in [0.1, 0.15) is 5.82 Å². The quantitative estimate of drug-likeness (QED) is 0.475. The van der Waals surface area contributed by atoms with E-state index in [2.05, 4.69) is 22.4 Å². The van der Waals surface area contributed by atoms with Crippen molar-refractivity contribution >= 4 is 29.0 Å². The molecule has 132 valence electrons. The fourth-order valence-electron chi connectivity index (χ4n) is 2.36. The Bertz CT molecular complexity index is 679. The van der Waals surface area contributed by atoms with Crippen LogP contribution in [0, 0.1) is 5.82 Å². The average Bonchev–Trinajstić information content (AvgIpc) is 2.37. The smallest absolute Gasteiger partial charge is 0.390 e. The number of hydrogen-bond acceptors (Lipinski definition) is 4. The molecule has 4 nitrogen and oxygen atoms in total. The summed E-state index contributed by atoms with van der Waals surface area (Å²) in [6, 6.07) is 2.93. The molecule has 9 heteroatoms. The summed E-state index contributed by atoms with van der Waals surface area (Å²) >= 11 is 4.54. The number of aliphatic imine (C=N–C) groups is 1. The summed E-state index contributed by atoms with van der Waals surface area (Å²) < 4.78 is 51.2. The molecule has 0 fully saturated rings. The molecule has 0 saturated heterocycles. The Morgan fingerprint density at radius 2 is 1.92 bits per heavy atom.